The highest BCUT2D eigenvalue weighted by atomic mass is 19.1. The molecule has 5 aromatic heterocycles. The quantitative estimate of drug-likeness (QED) is 0.259. The third-order valence-electron chi connectivity index (χ3n) is 7.34. The van der Waals surface area contributed by atoms with E-state index in [1.807, 2.05) is 36.5 Å². The lowest BCUT2D eigenvalue weighted by atomic mass is 10.1. The van der Waals surface area contributed by atoms with E-state index in [-0.39, 0.29) is 23.4 Å². The van der Waals surface area contributed by atoms with Gasteiger partial charge in [-0.2, -0.15) is 5.10 Å². The summed E-state index contributed by atoms with van der Waals surface area (Å²) in [4.78, 5) is 36.0. The number of rotatable bonds is 6. The number of H-pyrrole nitrogens is 2. The van der Waals surface area contributed by atoms with Crippen molar-refractivity contribution in [2.45, 2.75) is 25.7 Å². The van der Waals surface area contributed by atoms with Gasteiger partial charge in [-0.05, 0) is 30.9 Å². The Labute approximate surface area is 234 Å². The maximum atomic E-state index is 16.1. The third kappa shape index (κ3) is 4.75. The Morgan fingerprint density at radius 3 is 2.63 bits per heavy atom. The number of pyridine rings is 3. The van der Waals surface area contributed by atoms with Crippen LogP contribution in [0.15, 0.2) is 67.4 Å². The highest BCUT2D eigenvalue weighted by Crippen LogP contribution is 2.34. The minimum atomic E-state index is -0.560. The zero-order valence-corrected chi connectivity index (χ0v) is 22.1. The first-order valence-electron chi connectivity index (χ1n) is 13.5. The topological polar surface area (TPSA) is 128 Å². The van der Waals surface area contributed by atoms with Crippen LogP contribution in [0.3, 0.4) is 0 Å². The van der Waals surface area contributed by atoms with Crippen molar-refractivity contribution in [1.29, 1.82) is 0 Å². The maximum absolute atomic E-state index is 16.1. The van der Waals surface area contributed by atoms with Crippen molar-refractivity contribution in [3.05, 3.63) is 78.8 Å². The molecule has 1 fully saturated rings. The molecular weight excluding hydrogens is 521 g/mol. The fraction of sp³-hybridized carbons (Fsp3) is 0.200. The fourth-order valence-electron chi connectivity index (χ4n) is 5.37. The van der Waals surface area contributed by atoms with Gasteiger partial charge in [-0.1, -0.05) is 30.3 Å². The predicted octanol–water partition coefficient (Wildman–Crippen LogP) is 5.27. The minimum absolute atomic E-state index is 0.0959. The normalized spacial score (nSPS) is 13.6. The van der Waals surface area contributed by atoms with Crippen LogP contribution in [-0.2, 0) is 11.2 Å². The van der Waals surface area contributed by atoms with E-state index < -0.39 is 5.82 Å². The van der Waals surface area contributed by atoms with E-state index in [2.05, 4.69) is 40.3 Å². The van der Waals surface area contributed by atoms with Crippen molar-refractivity contribution in [3.63, 3.8) is 0 Å². The van der Waals surface area contributed by atoms with Gasteiger partial charge in [-0.15, -0.1) is 0 Å². The van der Waals surface area contributed by atoms with Gasteiger partial charge < -0.3 is 15.2 Å². The number of amides is 1. The molecule has 0 radical (unpaired) electrons. The molecule has 1 aromatic carbocycles. The molecule has 0 aliphatic carbocycles. The molecule has 0 atom stereocenters. The zero-order valence-electron chi connectivity index (χ0n) is 22.1. The average Bonchev–Trinajstić information content (AvgIpc) is 3.63. The van der Waals surface area contributed by atoms with Crippen molar-refractivity contribution in [2.24, 2.45) is 0 Å². The number of aromatic nitrogens is 7. The van der Waals surface area contributed by atoms with Crippen LogP contribution in [0, 0.1) is 5.82 Å². The van der Waals surface area contributed by atoms with Crippen LogP contribution in [-0.4, -0.2) is 54.1 Å². The van der Waals surface area contributed by atoms with Crippen LogP contribution < -0.4 is 10.2 Å². The van der Waals surface area contributed by atoms with Crippen molar-refractivity contribution < 1.29 is 9.18 Å². The van der Waals surface area contributed by atoms with E-state index in [9.17, 15) is 4.79 Å². The number of hydrogen-bond acceptors (Lipinski definition) is 7. The lowest BCUT2D eigenvalue weighted by molar-refractivity contribution is -0.115. The second kappa shape index (κ2) is 10.4. The molecule has 1 aliphatic heterocycles. The molecule has 0 bridgehead atoms. The van der Waals surface area contributed by atoms with Gasteiger partial charge in [-0.3, -0.25) is 24.8 Å². The Bertz CT molecular complexity index is 1880. The SMILES string of the molecule is O=C(Cc1ccccc1)Nc1cncc(-c2ncc3[nH]nc(-c4nc5c(N6CCCCC6)cncc5[nH]4)c3c2F)c1. The molecule has 204 valence electrons. The van der Waals surface area contributed by atoms with Gasteiger partial charge in [0.2, 0.25) is 5.91 Å². The first kappa shape index (κ1) is 24.8. The number of piperidine rings is 1. The van der Waals surface area contributed by atoms with E-state index in [1.165, 1.54) is 25.0 Å². The summed E-state index contributed by atoms with van der Waals surface area (Å²) in [7, 11) is 0. The molecule has 1 aliphatic rings. The van der Waals surface area contributed by atoms with Crippen LogP contribution in [0.1, 0.15) is 24.8 Å². The van der Waals surface area contributed by atoms with E-state index in [4.69, 9.17) is 4.98 Å². The summed E-state index contributed by atoms with van der Waals surface area (Å²) in [6, 6.07) is 11.1. The molecule has 7 rings (SSSR count). The second-order valence-electron chi connectivity index (χ2n) is 10.1. The largest absolute Gasteiger partial charge is 0.368 e. The van der Waals surface area contributed by atoms with Crippen molar-refractivity contribution in [2.75, 3.05) is 23.3 Å². The molecule has 0 spiro atoms. The van der Waals surface area contributed by atoms with Gasteiger partial charge in [-0.25, -0.2) is 9.37 Å². The Balaban J connectivity index is 1.22. The number of aromatic amines is 2. The van der Waals surface area contributed by atoms with E-state index in [0.29, 0.717) is 28.3 Å². The highest BCUT2D eigenvalue weighted by Gasteiger charge is 2.22. The lowest BCUT2D eigenvalue weighted by Crippen LogP contribution is -2.29. The molecule has 0 saturated carbocycles. The van der Waals surface area contributed by atoms with Gasteiger partial charge >= 0.3 is 0 Å². The van der Waals surface area contributed by atoms with Crippen LogP contribution >= 0.6 is 0 Å². The Kier molecular flexibility index (Phi) is 6.31. The summed E-state index contributed by atoms with van der Waals surface area (Å²) in [6.45, 7) is 1.91. The number of carbonyl (C=O) groups is 1. The molecule has 3 N–H and O–H groups in total. The average molecular weight is 548 g/mol. The number of fused-ring (bicyclic) bond motifs is 2. The Morgan fingerprint density at radius 2 is 1.78 bits per heavy atom. The monoisotopic (exact) mass is 547 g/mol. The number of hydrogen-bond donors (Lipinski definition) is 3. The maximum Gasteiger partial charge on any atom is 0.228 e. The molecule has 6 heterocycles. The first-order chi connectivity index (χ1) is 20.1. The Hall–Kier alpha value is -5.19. The van der Waals surface area contributed by atoms with E-state index in [1.54, 1.807) is 12.3 Å². The van der Waals surface area contributed by atoms with Crippen LogP contribution in [0.2, 0.25) is 0 Å². The molecule has 1 saturated heterocycles. The molecule has 41 heavy (non-hydrogen) atoms. The minimum Gasteiger partial charge on any atom is -0.368 e. The van der Waals surface area contributed by atoms with Gasteiger partial charge in [0.1, 0.15) is 16.9 Å². The van der Waals surface area contributed by atoms with Crippen LogP contribution in [0.4, 0.5) is 15.8 Å². The fourth-order valence-corrected chi connectivity index (χ4v) is 5.37. The van der Waals surface area contributed by atoms with Crippen molar-refractivity contribution in [1.82, 2.24) is 35.1 Å². The van der Waals surface area contributed by atoms with Crippen molar-refractivity contribution >= 4 is 39.2 Å². The molecule has 1 amide bonds. The summed E-state index contributed by atoms with van der Waals surface area (Å²) in [5, 5.41) is 10.4. The summed E-state index contributed by atoms with van der Waals surface area (Å²) in [5.74, 6) is -0.316. The van der Waals surface area contributed by atoms with Gasteiger partial charge in [0.25, 0.3) is 0 Å². The number of nitrogens with zero attached hydrogens (tertiary/aromatic N) is 6. The molecule has 10 nitrogen and oxygen atoms in total. The molecule has 6 aromatic rings. The number of anilines is 2. The summed E-state index contributed by atoms with van der Waals surface area (Å²) < 4.78 is 16.1. The number of imidazole rings is 1. The summed E-state index contributed by atoms with van der Waals surface area (Å²) in [6.07, 6.45) is 11.8. The van der Waals surface area contributed by atoms with Gasteiger partial charge in [0.15, 0.2) is 11.6 Å². The summed E-state index contributed by atoms with van der Waals surface area (Å²) >= 11 is 0. The molecular formula is C30H26FN9O. The predicted molar refractivity (Wildman–Crippen MR) is 155 cm³/mol. The molecule has 0 unspecified atom stereocenters. The van der Waals surface area contributed by atoms with Crippen molar-refractivity contribution in [3.8, 4) is 22.8 Å². The zero-order chi connectivity index (χ0) is 27.8. The van der Waals surface area contributed by atoms with Gasteiger partial charge in [0.05, 0.1) is 59.0 Å². The summed E-state index contributed by atoms with van der Waals surface area (Å²) in [5.41, 5.74) is 5.16. The van der Waals surface area contributed by atoms with E-state index >= 15 is 4.39 Å². The third-order valence-corrected chi connectivity index (χ3v) is 7.34. The molecule has 11 heteroatoms. The lowest BCUT2D eigenvalue weighted by Gasteiger charge is -2.28. The van der Waals surface area contributed by atoms with E-state index in [0.717, 1.165) is 48.2 Å². The standard InChI is InChI=1S/C30H26FN9O/c31-26-25-21(16-34-27(26)19-12-20(14-32-13-19)35-24(41)11-18-7-3-1-4-8-18)38-39-29(25)30-36-22-15-33-17-23(28(22)37-30)40-9-5-2-6-10-40/h1,3-4,7-8,12-17H,2,5-6,9-11H2,(H,35,41)(H,36,37)(H,38,39). The number of carbonyl (C=O) groups excluding carboxylic acids is 1. The Morgan fingerprint density at radius 1 is 0.951 bits per heavy atom. The first-order valence-corrected chi connectivity index (χ1v) is 13.5. The van der Waals surface area contributed by atoms with Crippen LogP contribution in [0.5, 0.6) is 0 Å². The second-order valence-corrected chi connectivity index (χ2v) is 10.1. The number of nitrogens with one attached hydrogen (secondary N) is 3. The highest BCUT2D eigenvalue weighted by molar-refractivity contribution is 5.97. The van der Waals surface area contributed by atoms with Gasteiger partial charge in [0, 0.05) is 24.8 Å². The number of benzene rings is 1. The van der Waals surface area contributed by atoms with Crippen LogP contribution in [0.25, 0.3) is 44.7 Å². The number of halogens is 1. The smallest absolute Gasteiger partial charge is 0.228 e.